The molecule has 21 heavy (non-hydrogen) atoms. The molecule has 3 rings (SSSR count). The van der Waals surface area contributed by atoms with Crippen LogP contribution in [0.3, 0.4) is 0 Å². The molecule has 0 bridgehead atoms. The molecule has 0 unspecified atom stereocenters. The normalized spacial score (nSPS) is 22.5. The molecule has 2 aliphatic rings. The summed E-state index contributed by atoms with van der Waals surface area (Å²) in [4.78, 5) is 2.46. The lowest BCUT2D eigenvalue weighted by molar-refractivity contribution is -0.0279. The number of nitrogens with zero attached hydrogens (tertiary/aromatic N) is 1. The molecule has 0 radical (unpaired) electrons. The molecule has 3 nitrogen and oxygen atoms in total. The van der Waals surface area contributed by atoms with E-state index in [1.807, 2.05) is 24.3 Å². The molecule has 0 amide bonds. The van der Waals surface area contributed by atoms with Crippen LogP contribution in [-0.2, 0) is 5.60 Å². The summed E-state index contributed by atoms with van der Waals surface area (Å²) in [5, 5.41) is 10.9. The lowest BCUT2D eigenvalue weighted by Gasteiger charge is -2.39. The van der Waals surface area contributed by atoms with Gasteiger partial charge in [0, 0.05) is 19.6 Å². The van der Waals surface area contributed by atoms with E-state index < -0.39 is 5.60 Å². The van der Waals surface area contributed by atoms with Crippen LogP contribution in [0.5, 0.6) is 5.75 Å². The monoisotopic (exact) mass is 289 g/mol. The Kier molecular flexibility index (Phi) is 4.23. The van der Waals surface area contributed by atoms with Crippen molar-refractivity contribution in [2.75, 3.05) is 19.6 Å². The minimum absolute atomic E-state index is 0.429. The van der Waals surface area contributed by atoms with Gasteiger partial charge in [-0.15, -0.1) is 0 Å². The van der Waals surface area contributed by atoms with Gasteiger partial charge in [-0.2, -0.15) is 0 Å². The smallest absolute Gasteiger partial charge is 0.119 e. The number of hydrogen-bond acceptors (Lipinski definition) is 3. The summed E-state index contributed by atoms with van der Waals surface area (Å²) in [5.74, 6) is 1.62. The first-order valence-corrected chi connectivity index (χ1v) is 8.27. The number of rotatable bonds is 5. The van der Waals surface area contributed by atoms with Gasteiger partial charge in [-0.05, 0) is 49.3 Å². The van der Waals surface area contributed by atoms with Gasteiger partial charge in [0.25, 0.3) is 0 Å². The number of piperidine rings is 1. The topological polar surface area (TPSA) is 32.7 Å². The van der Waals surface area contributed by atoms with Crippen LogP contribution >= 0.6 is 0 Å². The fourth-order valence-corrected chi connectivity index (χ4v) is 3.13. The van der Waals surface area contributed by atoms with Crippen LogP contribution in [-0.4, -0.2) is 35.7 Å². The molecule has 1 saturated heterocycles. The zero-order valence-corrected chi connectivity index (χ0v) is 13.2. The van der Waals surface area contributed by atoms with Crippen molar-refractivity contribution in [2.24, 2.45) is 5.92 Å². The summed E-state index contributed by atoms with van der Waals surface area (Å²) in [5.41, 5.74) is 0.376. The Morgan fingerprint density at radius 2 is 1.81 bits per heavy atom. The Morgan fingerprint density at radius 1 is 1.19 bits per heavy atom. The molecule has 1 saturated carbocycles. The second-order valence-electron chi connectivity index (χ2n) is 7.07. The van der Waals surface area contributed by atoms with Crippen LogP contribution in [0.15, 0.2) is 24.3 Å². The van der Waals surface area contributed by atoms with Crippen molar-refractivity contribution in [3.63, 3.8) is 0 Å². The molecular formula is C18H27NO2. The summed E-state index contributed by atoms with van der Waals surface area (Å²) in [6.45, 7) is 7.59. The molecule has 0 aromatic heterocycles. The molecule has 1 aromatic rings. The van der Waals surface area contributed by atoms with Gasteiger partial charge in [0.05, 0.1) is 11.7 Å². The fourth-order valence-electron chi connectivity index (χ4n) is 3.13. The number of ether oxygens (including phenoxy) is 1. The molecule has 2 fully saturated rings. The lowest BCUT2D eigenvalue weighted by atomic mass is 9.84. The molecule has 0 spiro atoms. The molecule has 3 heteroatoms. The third kappa shape index (κ3) is 3.78. The van der Waals surface area contributed by atoms with E-state index in [4.69, 9.17) is 4.74 Å². The highest BCUT2D eigenvalue weighted by atomic mass is 16.5. The van der Waals surface area contributed by atoms with Crippen LogP contribution in [0.25, 0.3) is 0 Å². The zero-order chi connectivity index (χ0) is 14.9. The van der Waals surface area contributed by atoms with Crippen LogP contribution in [0.1, 0.15) is 45.1 Å². The molecule has 1 aliphatic heterocycles. The predicted molar refractivity (Wildman–Crippen MR) is 84.5 cm³/mol. The van der Waals surface area contributed by atoms with E-state index in [-0.39, 0.29) is 0 Å². The highest BCUT2D eigenvalue weighted by molar-refractivity contribution is 5.31. The second-order valence-corrected chi connectivity index (χ2v) is 7.07. The van der Waals surface area contributed by atoms with Gasteiger partial charge in [-0.1, -0.05) is 26.0 Å². The average molecular weight is 289 g/mol. The third-order valence-corrected chi connectivity index (χ3v) is 4.53. The van der Waals surface area contributed by atoms with E-state index in [0.717, 1.165) is 43.8 Å². The van der Waals surface area contributed by atoms with Crippen molar-refractivity contribution in [1.29, 1.82) is 0 Å². The van der Waals surface area contributed by atoms with Crippen molar-refractivity contribution >= 4 is 0 Å². The minimum Gasteiger partial charge on any atom is -0.490 e. The van der Waals surface area contributed by atoms with Crippen molar-refractivity contribution in [1.82, 2.24) is 4.90 Å². The molecule has 0 atom stereocenters. The van der Waals surface area contributed by atoms with Crippen LogP contribution in [0, 0.1) is 5.92 Å². The van der Waals surface area contributed by atoms with Crippen LogP contribution in [0.4, 0.5) is 0 Å². The first kappa shape index (κ1) is 14.9. The van der Waals surface area contributed by atoms with E-state index in [1.54, 1.807) is 0 Å². The standard InChI is InChI=1S/C18H27NO2/c1-14(2)13-19-11-9-18(20,10-12-19)15-3-5-16(6-4-15)21-17-7-8-17/h3-6,14,17,20H,7-13H2,1-2H3. The highest BCUT2D eigenvalue weighted by Crippen LogP contribution is 2.34. The minimum atomic E-state index is -0.661. The molecular weight excluding hydrogens is 262 g/mol. The lowest BCUT2D eigenvalue weighted by Crippen LogP contribution is -2.43. The van der Waals surface area contributed by atoms with Crippen molar-refractivity contribution in [2.45, 2.75) is 51.2 Å². The van der Waals surface area contributed by atoms with E-state index >= 15 is 0 Å². The molecule has 1 heterocycles. The van der Waals surface area contributed by atoms with E-state index in [1.165, 1.54) is 12.8 Å². The highest BCUT2D eigenvalue weighted by Gasteiger charge is 2.34. The van der Waals surface area contributed by atoms with Crippen molar-refractivity contribution < 1.29 is 9.84 Å². The van der Waals surface area contributed by atoms with Gasteiger partial charge in [-0.3, -0.25) is 0 Å². The Morgan fingerprint density at radius 3 is 2.33 bits per heavy atom. The average Bonchev–Trinajstić information content (AvgIpc) is 3.26. The van der Waals surface area contributed by atoms with Gasteiger partial charge in [0.2, 0.25) is 0 Å². The maximum Gasteiger partial charge on any atom is 0.119 e. The quantitative estimate of drug-likeness (QED) is 0.903. The summed E-state index contributed by atoms with van der Waals surface area (Å²) in [7, 11) is 0. The van der Waals surface area contributed by atoms with Crippen molar-refractivity contribution in [3.8, 4) is 5.75 Å². The number of hydrogen-bond donors (Lipinski definition) is 1. The SMILES string of the molecule is CC(C)CN1CCC(O)(c2ccc(OC3CC3)cc2)CC1. The number of likely N-dealkylation sites (tertiary alicyclic amines) is 1. The van der Waals surface area contributed by atoms with Gasteiger partial charge < -0.3 is 14.7 Å². The molecule has 1 aromatic carbocycles. The number of benzene rings is 1. The maximum atomic E-state index is 10.9. The van der Waals surface area contributed by atoms with E-state index in [0.29, 0.717) is 12.0 Å². The molecule has 1 N–H and O–H groups in total. The Labute approximate surface area is 127 Å². The first-order valence-electron chi connectivity index (χ1n) is 8.27. The third-order valence-electron chi connectivity index (χ3n) is 4.53. The largest absolute Gasteiger partial charge is 0.490 e. The van der Waals surface area contributed by atoms with E-state index in [9.17, 15) is 5.11 Å². The Hall–Kier alpha value is -1.06. The molecule has 1 aliphatic carbocycles. The Bertz CT molecular complexity index is 457. The summed E-state index contributed by atoms with van der Waals surface area (Å²) < 4.78 is 5.77. The summed E-state index contributed by atoms with van der Waals surface area (Å²) in [6, 6.07) is 8.09. The van der Waals surface area contributed by atoms with Gasteiger partial charge >= 0.3 is 0 Å². The fraction of sp³-hybridized carbons (Fsp3) is 0.667. The Balaban J connectivity index is 1.60. The van der Waals surface area contributed by atoms with Gasteiger partial charge in [0.1, 0.15) is 5.75 Å². The van der Waals surface area contributed by atoms with Crippen LogP contribution < -0.4 is 4.74 Å². The predicted octanol–water partition coefficient (Wildman–Crippen LogP) is 3.17. The van der Waals surface area contributed by atoms with Crippen LogP contribution in [0.2, 0.25) is 0 Å². The van der Waals surface area contributed by atoms with E-state index in [2.05, 4.69) is 18.7 Å². The van der Waals surface area contributed by atoms with Gasteiger partial charge in [-0.25, -0.2) is 0 Å². The van der Waals surface area contributed by atoms with Crippen molar-refractivity contribution in [3.05, 3.63) is 29.8 Å². The zero-order valence-electron chi connectivity index (χ0n) is 13.2. The number of aliphatic hydroxyl groups is 1. The first-order chi connectivity index (χ1) is 10.0. The van der Waals surface area contributed by atoms with Gasteiger partial charge in [0.15, 0.2) is 0 Å². The maximum absolute atomic E-state index is 10.9. The second kappa shape index (κ2) is 5.98. The summed E-state index contributed by atoms with van der Waals surface area (Å²) >= 11 is 0. The summed E-state index contributed by atoms with van der Waals surface area (Å²) in [6.07, 6.45) is 4.43. The molecule has 116 valence electrons.